The number of carbonyl (C=O) groups excluding carboxylic acids is 2. The monoisotopic (exact) mass is 389 g/mol. The summed E-state index contributed by atoms with van der Waals surface area (Å²) in [6, 6.07) is 16.5. The first kappa shape index (κ1) is 20.9. The van der Waals surface area contributed by atoms with E-state index in [0.717, 1.165) is 12.2 Å². The summed E-state index contributed by atoms with van der Waals surface area (Å²) < 4.78 is 5.36. The number of para-hydroxylation sites is 1. The minimum absolute atomic E-state index is 0. The van der Waals surface area contributed by atoms with Gasteiger partial charge in [0.25, 0.3) is 5.91 Å². The van der Waals surface area contributed by atoms with Gasteiger partial charge in [0.15, 0.2) is 0 Å². The summed E-state index contributed by atoms with van der Waals surface area (Å²) >= 11 is 0. The van der Waals surface area contributed by atoms with Crippen LogP contribution in [0.5, 0.6) is 0 Å². The van der Waals surface area contributed by atoms with Gasteiger partial charge in [-0.2, -0.15) is 0 Å². The molecule has 1 aliphatic heterocycles. The number of amides is 2. The average Bonchev–Trinajstić information content (AvgIpc) is 2.68. The van der Waals surface area contributed by atoms with E-state index < -0.39 is 0 Å². The van der Waals surface area contributed by atoms with Crippen LogP contribution in [0.1, 0.15) is 16.8 Å². The van der Waals surface area contributed by atoms with Crippen molar-refractivity contribution >= 4 is 35.6 Å². The van der Waals surface area contributed by atoms with Crippen LogP contribution >= 0.6 is 12.4 Å². The maximum atomic E-state index is 12.7. The number of morpholine rings is 1. The number of nitrogens with zero attached hydrogens (tertiary/aromatic N) is 1. The van der Waals surface area contributed by atoms with Gasteiger partial charge >= 0.3 is 0 Å². The Labute approximate surface area is 165 Å². The van der Waals surface area contributed by atoms with Crippen LogP contribution < -0.4 is 15.5 Å². The zero-order valence-corrected chi connectivity index (χ0v) is 16.0. The normalized spacial score (nSPS) is 16.1. The molecule has 1 atom stereocenters. The van der Waals surface area contributed by atoms with Crippen molar-refractivity contribution in [2.45, 2.75) is 12.5 Å². The lowest BCUT2D eigenvalue weighted by Crippen LogP contribution is -2.43. The average molecular weight is 390 g/mol. The van der Waals surface area contributed by atoms with E-state index in [4.69, 9.17) is 4.74 Å². The van der Waals surface area contributed by atoms with Gasteiger partial charge in [-0.3, -0.25) is 9.59 Å². The molecule has 0 bridgehead atoms. The Morgan fingerprint density at radius 2 is 1.96 bits per heavy atom. The lowest BCUT2D eigenvalue weighted by atomic mass is 10.1. The maximum Gasteiger partial charge on any atom is 0.258 e. The van der Waals surface area contributed by atoms with Gasteiger partial charge in [-0.15, -0.1) is 12.4 Å². The van der Waals surface area contributed by atoms with Crippen LogP contribution in [0.2, 0.25) is 0 Å². The lowest BCUT2D eigenvalue weighted by Gasteiger charge is -2.23. The second-order valence-corrected chi connectivity index (χ2v) is 6.26. The van der Waals surface area contributed by atoms with E-state index in [0.29, 0.717) is 30.9 Å². The quantitative estimate of drug-likeness (QED) is 0.824. The van der Waals surface area contributed by atoms with Gasteiger partial charge in [-0.05, 0) is 30.3 Å². The Kier molecular flexibility index (Phi) is 7.79. The van der Waals surface area contributed by atoms with Crippen LogP contribution in [0, 0.1) is 0 Å². The minimum atomic E-state index is -0.130. The van der Waals surface area contributed by atoms with Gasteiger partial charge in [-0.1, -0.05) is 24.3 Å². The summed E-state index contributed by atoms with van der Waals surface area (Å²) in [5.74, 6) is -0.233. The van der Waals surface area contributed by atoms with E-state index >= 15 is 0 Å². The minimum Gasteiger partial charge on any atom is -0.378 e. The number of hydrogen-bond donors (Lipinski definition) is 2. The summed E-state index contributed by atoms with van der Waals surface area (Å²) in [6.07, 6.45) is 0.335. The second kappa shape index (κ2) is 10.1. The summed E-state index contributed by atoms with van der Waals surface area (Å²) in [5.41, 5.74) is 1.95. The molecule has 7 heteroatoms. The molecule has 1 saturated heterocycles. The molecule has 0 aromatic heterocycles. The largest absolute Gasteiger partial charge is 0.378 e. The number of nitrogens with one attached hydrogen (secondary N) is 2. The molecule has 0 spiro atoms. The van der Waals surface area contributed by atoms with Crippen molar-refractivity contribution in [1.29, 1.82) is 0 Å². The van der Waals surface area contributed by atoms with E-state index in [1.54, 1.807) is 36.2 Å². The fraction of sp³-hybridized carbons (Fsp3) is 0.300. The highest BCUT2D eigenvalue weighted by Gasteiger charge is 2.18. The smallest absolute Gasteiger partial charge is 0.258 e. The van der Waals surface area contributed by atoms with E-state index in [-0.39, 0.29) is 30.3 Å². The Morgan fingerprint density at radius 1 is 1.19 bits per heavy atom. The molecule has 144 valence electrons. The van der Waals surface area contributed by atoms with Gasteiger partial charge in [0.1, 0.15) is 0 Å². The Hall–Kier alpha value is -2.41. The molecule has 1 aliphatic rings. The SMILES string of the molecule is CN(C(=O)c1cccc(NC(=O)CC2COCCN2)c1)c1ccccc1.Cl. The predicted octanol–water partition coefficient (Wildman–Crippen LogP) is 2.70. The summed E-state index contributed by atoms with van der Waals surface area (Å²) in [6.45, 7) is 1.97. The van der Waals surface area contributed by atoms with E-state index in [9.17, 15) is 9.59 Å². The number of hydrogen-bond acceptors (Lipinski definition) is 4. The molecule has 27 heavy (non-hydrogen) atoms. The van der Waals surface area contributed by atoms with Crippen molar-refractivity contribution in [3.05, 3.63) is 60.2 Å². The molecule has 1 unspecified atom stereocenters. The number of rotatable bonds is 5. The fourth-order valence-corrected chi connectivity index (χ4v) is 2.88. The third-order valence-electron chi connectivity index (χ3n) is 4.27. The zero-order valence-electron chi connectivity index (χ0n) is 15.2. The molecule has 2 amide bonds. The van der Waals surface area contributed by atoms with Crippen molar-refractivity contribution in [3.8, 4) is 0 Å². The number of anilines is 2. The molecule has 3 rings (SSSR count). The first-order chi connectivity index (χ1) is 12.6. The third-order valence-corrected chi connectivity index (χ3v) is 4.27. The first-order valence-electron chi connectivity index (χ1n) is 8.67. The van der Waals surface area contributed by atoms with Crippen molar-refractivity contribution in [3.63, 3.8) is 0 Å². The molecular formula is C20H24ClN3O3. The molecular weight excluding hydrogens is 366 g/mol. The van der Waals surface area contributed by atoms with E-state index in [2.05, 4.69) is 10.6 Å². The third kappa shape index (κ3) is 5.79. The van der Waals surface area contributed by atoms with Crippen LogP contribution in [0.3, 0.4) is 0 Å². The molecule has 1 heterocycles. The molecule has 2 N–H and O–H groups in total. The van der Waals surface area contributed by atoms with Gasteiger partial charge in [-0.25, -0.2) is 0 Å². The van der Waals surface area contributed by atoms with E-state index in [1.807, 2.05) is 30.3 Å². The number of carbonyl (C=O) groups is 2. The van der Waals surface area contributed by atoms with Crippen molar-refractivity contribution in [2.75, 3.05) is 37.0 Å². The summed E-state index contributed by atoms with van der Waals surface area (Å²) in [5, 5.41) is 6.11. The Morgan fingerprint density at radius 3 is 2.67 bits per heavy atom. The lowest BCUT2D eigenvalue weighted by molar-refractivity contribution is -0.117. The zero-order chi connectivity index (χ0) is 18.4. The van der Waals surface area contributed by atoms with Gasteiger partial charge in [0.05, 0.1) is 13.2 Å². The maximum absolute atomic E-state index is 12.7. The molecule has 0 saturated carbocycles. The first-order valence-corrected chi connectivity index (χ1v) is 8.67. The molecule has 0 radical (unpaired) electrons. The standard InChI is InChI=1S/C20H23N3O3.ClH/c1-23(18-8-3-2-4-9-18)20(25)15-6-5-7-16(12-15)22-19(24)13-17-14-26-11-10-21-17;/h2-9,12,17,21H,10-11,13-14H2,1H3,(H,22,24);1H. The van der Waals surface area contributed by atoms with Crippen molar-refractivity contribution in [2.24, 2.45) is 0 Å². The van der Waals surface area contributed by atoms with Crippen LogP contribution in [0.4, 0.5) is 11.4 Å². The molecule has 1 fully saturated rings. The molecule has 6 nitrogen and oxygen atoms in total. The number of benzene rings is 2. The predicted molar refractivity (Wildman–Crippen MR) is 109 cm³/mol. The Bertz CT molecular complexity index is 764. The number of ether oxygens (including phenoxy) is 1. The van der Waals surface area contributed by atoms with Gasteiger partial charge in [0.2, 0.25) is 5.91 Å². The topological polar surface area (TPSA) is 70.7 Å². The fourth-order valence-electron chi connectivity index (χ4n) is 2.88. The van der Waals surface area contributed by atoms with Crippen molar-refractivity contribution in [1.82, 2.24) is 5.32 Å². The summed E-state index contributed by atoms with van der Waals surface area (Å²) in [4.78, 5) is 26.5. The second-order valence-electron chi connectivity index (χ2n) is 6.26. The summed E-state index contributed by atoms with van der Waals surface area (Å²) in [7, 11) is 1.73. The van der Waals surface area contributed by atoms with Crippen LogP contribution in [0.15, 0.2) is 54.6 Å². The van der Waals surface area contributed by atoms with Crippen LogP contribution in [0.25, 0.3) is 0 Å². The van der Waals surface area contributed by atoms with Gasteiger partial charge in [0, 0.05) is 43.0 Å². The van der Waals surface area contributed by atoms with E-state index in [1.165, 1.54) is 0 Å². The van der Waals surface area contributed by atoms with Crippen LogP contribution in [-0.4, -0.2) is 44.7 Å². The molecule has 0 aliphatic carbocycles. The molecule has 2 aromatic rings. The number of halogens is 1. The van der Waals surface area contributed by atoms with Gasteiger partial charge < -0.3 is 20.3 Å². The van der Waals surface area contributed by atoms with Crippen LogP contribution in [-0.2, 0) is 9.53 Å². The van der Waals surface area contributed by atoms with Crippen molar-refractivity contribution < 1.29 is 14.3 Å². The molecule has 2 aromatic carbocycles. The Balaban J connectivity index is 0.00000261. The highest BCUT2D eigenvalue weighted by atomic mass is 35.5. The highest BCUT2D eigenvalue weighted by Crippen LogP contribution is 2.17. The highest BCUT2D eigenvalue weighted by molar-refractivity contribution is 6.06.